The third kappa shape index (κ3) is 3.26. The van der Waals surface area contributed by atoms with E-state index in [4.69, 9.17) is 4.42 Å². The molecule has 0 aliphatic heterocycles. The molecule has 0 spiro atoms. The Bertz CT molecular complexity index is 536. The summed E-state index contributed by atoms with van der Waals surface area (Å²) < 4.78 is 5.63. The molecule has 100 valence electrons. The average Bonchev–Trinajstić information content (AvgIpc) is 2.86. The van der Waals surface area contributed by atoms with Gasteiger partial charge in [0.25, 0.3) is 5.91 Å². The van der Waals surface area contributed by atoms with E-state index in [0.29, 0.717) is 16.8 Å². The number of furan rings is 1. The maximum absolute atomic E-state index is 12.6. The predicted molar refractivity (Wildman–Crippen MR) is 79.4 cm³/mol. The zero-order valence-electron chi connectivity index (χ0n) is 10.8. The van der Waals surface area contributed by atoms with Gasteiger partial charge >= 0.3 is 0 Å². The van der Waals surface area contributed by atoms with Crippen LogP contribution in [0.15, 0.2) is 51.7 Å². The summed E-state index contributed by atoms with van der Waals surface area (Å²) in [7, 11) is 0. The third-order valence-electron chi connectivity index (χ3n) is 2.90. The number of unbranched alkanes of at least 4 members (excludes halogenated alkanes) is 1. The van der Waals surface area contributed by atoms with E-state index in [1.54, 1.807) is 11.0 Å². The van der Waals surface area contributed by atoms with Crippen LogP contribution in [-0.2, 0) is 0 Å². The molecule has 4 heteroatoms. The zero-order chi connectivity index (χ0) is 13.7. The fourth-order valence-corrected chi connectivity index (χ4v) is 2.27. The molecule has 1 aromatic heterocycles. The monoisotopic (exact) mass is 321 g/mol. The predicted octanol–water partition coefficient (Wildman–Crippen LogP) is 4.49. The van der Waals surface area contributed by atoms with Gasteiger partial charge in [0, 0.05) is 12.2 Å². The lowest BCUT2D eigenvalue weighted by Gasteiger charge is -2.22. The van der Waals surface area contributed by atoms with Crippen molar-refractivity contribution in [1.29, 1.82) is 0 Å². The lowest BCUT2D eigenvalue weighted by atomic mass is 10.2. The first-order valence-electron chi connectivity index (χ1n) is 6.34. The van der Waals surface area contributed by atoms with Gasteiger partial charge in [0.2, 0.25) is 0 Å². The normalized spacial score (nSPS) is 10.4. The van der Waals surface area contributed by atoms with Gasteiger partial charge in [-0.2, -0.15) is 0 Å². The highest BCUT2D eigenvalue weighted by Crippen LogP contribution is 2.23. The molecule has 1 amide bonds. The van der Waals surface area contributed by atoms with Crippen molar-refractivity contribution in [3.8, 4) is 0 Å². The maximum atomic E-state index is 12.6. The fraction of sp³-hybridized carbons (Fsp3) is 0.267. The second-order valence-corrected chi connectivity index (χ2v) is 4.97. The number of hydrogen-bond donors (Lipinski definition) is 0. The number of carbonyl (C=O) groups excluding carboxylic acids is 1. The van der Waals surface area contributed by atoms with Crippen LogP contribution in [0.1, 0.15) is 30.1 Å². The Morgan fingerprint density at radius 2 is 2.00 bits per heavy atom. The van der Waals surface area contributed by atoms with Gasteiger partial charge in [0.15, 0.2) is 4.67 Å². The van der Waals surface area contributed by atoms with Gasteiger partial charge in [-0.15, -0.1) is 0 Å². The largest absolute Gasteiger partial charge is 0.457 e. The van der Waals surface area contributed by atoms with Gasteiger partial charge in [-0.05, 0) is 40.5 Å². The van der Waals surface area contributed by atoms with E-state index in [2.05, 4.69) is 22.9 Å². The lowest BCUT2D eigenvalue weighted by Crippen LogP contribution is -2.31. The van der Waals surface area contributed by atoms with Crippen molar-refractivity contribution in [3.05, 3.63) is 52.9 Å². The Balaban J connectivity index is 2.28. The maximum Gasteiger partial charge on any atom is 0.262 e. The first-order valence-corrected chi connectivity index (χ1v) is 7.13. The molecular weight excluding hydrogens is 306 g/mol. The van der Waals surface area contributed by atoms with Crippen LogP contribution in [0.2, 0.25) is 0 Å². The average molecular weight is 322 g/mol. The van der Waals surface area contributed by atoms with Crippen LogP contribution >= 0.6 is 15.9 Å². The molecule has 1 heterocycles. The van der Waals surface area contributed by atoms with Crippen LogP contribution in [-0.4, -0.2) is 12.5 Å². The smallest absolute Gasteiger partial charge is 0.262 e. The summed E-state index contributed by atoms with van der Waals surface area (Å²) in [5, 5.41) is 0. The summed E-state index contributed by atoms with van der Waals surface area (Å²) in [6.07, 6.45) is 3.53. The van der Waals surface area contributed by atoms with E-state index < -0.39 is 0 Å². The molecule has 0 bridgehead atoms. The summed E-state index contributed by atoms with van der Waals surface area (Å²) in [5.74, 6) is -0.0414. The molecule has 0 atom stereocenters. The minimum absolute atomic E-state index is 0.0414. The third-order valence-corrected chi connectivity index (χ3v) is 3.51. The molecule has 2 aromatic rings. The first-order chi connectivity index (χ1) is 9.24. The van der Waals surface area contributed by atoms with Crippen LogP contribution in [0, 0.1) is 0 Å². The summed E-state index contributed by atoms with van der Waals surface area (Å²) in [6.45, 7) is 2.82. The standard InChI is InChI=1S/C15H16BrNO2/c1-2-3-10-17(12-7-5-4-6-8-12)15(18)13-9-11-19-14(13)16/h4-9,11H,2-3,10H2,1H3. The number of carbonyl (C=O) groups is 1. The van der Waals surface area contributed by atoms with Crippen LogP contribution < -0.4 is 4.90 Å². The Morgan fingerprint density at radius 3 is 2.58 bits per heavy atom. The molecular formula is C15H16BrNO2. The van der Waals surface area contributed by atoms with Crippen molar-refractivity contribution in [1.82, 2.24) is 0 Å². The van der Waals surface area contributed by atoms with Gasteiger partial charge in [0.05, 0.1) is 11.8 Å². The van der Waals surface area contributed by atoms with Crippen molar-refractivity contribution < 1.29 is 9.21 Å². The molecule has 0 aliphatic carbocycles. The molecule has 2 rings (SSSR count). The molecule has 19 heavy (non-hydrogen) atoms. The topological polar surface area (TPSA) is 33.5 Å². The Morgan fingerprint density at radius 1 is 1.26 bits per heavy atom. The van der Waals surface area contributed by atoms with E-state index in [1.165, 1.54) is 6.26 Å². The molecule has 0 fully saturated rings. The van der Waals surface area contributed by atoms with E-state index in [9.17, 15) is 4.79 Å². The number of hydrogen-bond acceptors (Lipinski definition) is 2. The van der Waals surface area contributed by atoms with Crippen LogP contribution in [0.3, 0.4) is 0 Å². The number of nitrogens with zero attached hydrogens (tertiary/aromatic N) is 1. The number of benzene rings is 1. The van der Waals surface area contributed by atoms with Crippen LogP contribution in [0.4, 0.5) is 5.69 Å². The minimum atomic E-state index is -0.0414. The van der Waals surface area contributed by atoms with Crippen LogP contribution in [0.5, 0.6) is 0 Å². The Kier molecular flexibility index (Phi) is 4.80. The number of para-hydroxylation sites is 1. The first kappa shape index (κ1) is 13.9. The number of anilines is 1. The molecule has 0 saturated heterocycles. The lowest BCUT2D eigenvalue weighted by molar-refractivity contribution is 0.0985. The number of rotatable bonds is 5. The van der Waals surface area contributed by atoms with E-state index in [-0.39, 0.29) is 5.91 Å². The molecule has 0 radical (unpaired) electrons. The summed E-state index contributed by atoms with van der Waals surface area (Å²) in [6, 6.07) is 11.4. The quantitative estimate of drug-likeness (QED) is 0.813. The Hall–Kier alpha value is -1.55. The number of halogens is 1. The van der Waals surface area contributed by atoms with Crippen LogP contribution in [0.25, 0.3) is 0 Å². The molecule has 0 aliphatic rings. The summed E-state index contributed by atoms with van der Waals surface area (Å²) in [4.78, 5) is 14.4. The summed E-state index contributed by atoms with van der Waals surface area (Å²) in [5.41, 5.74) is 1.47. The fourth-order valence-electron chi connectivity index (χ4n) is 1.86. The van der Waals surface area contributed by atoms with Crippen molar-refractivity contribution in [2.75, 3.05) is 11.4 Å². The van der Waals surface area contributed by atoms with Crippen molar-refractivity contribution in [2.45, 2.75) is 19.8 Å². The van der Waals surface area contributed by atoms with E-state index >= 15 is 0 Å². The second kappa shape index (κ2) is 6.57. The van der Waals surface area contributed by atoms with Gasteiger partial charge in [0.1, 0.15) is 0 Å². The number of amides is 1. The van der Waals surface area contributed by atoms with Gasteiger partial charge in [-0.3, -0.25) is 4.79 Å². The SMILES string of the molecule is CCCCN(C(=O)c1ccoc1Br)c1ccccc1. The molecule has 0 unspecified atom stereocenters. The highest BCUT2D eigenvalue weighted by atomic mass is 79.9. The highest BCUT2D eigenvalue weighted by Gasteiger charge is 2.20. The van der Waals surface area contributed by atoms with Crippen molar-refractivity contribution >= 4 is 27.5 Å². The van der Waals surface area contributed by atoms with Gasteiger partial charge in [-0.1, -0.05) is 31.5 Å². The van der Waals surface area contributed by atoms with E-state index in [1.807, 2.05) is 30.3 Å². The molecule has 0 N–H and O–H groups in total. The minimum Gasteiger partial charge on any atom is -0.457 e. The van der Waals surface area contributed by atoms with Crippen molar-refractivity contribution in [2.24, 2.45) is 0 Å². The Labute approximate surface area is 121 Å². The molecule has 0 saturated carbocycles. The van der Waals surface area contributed by atoms with Gasteiger partial charge < -0.3 is 9.32 Å². The molecule has 1 aromatic carbocycles. The van der Waals surface area contributed by atoms with Gasteiger partial charge in [-0.25, -0.2) is 0 Å². The van der Waals surface area contributed by atoms with E-state index in [0.717, 1.165) is 18.5 Å². The van der Waals surface area contributed by atoms with Crippen molar-refractivity contribution in [3.63, 3.8) is 0 Å². The highest BCUT2D eigenvalue weighted by molar-refractivity contribution is 9.10. The second-order valence-electron chi connectivity index (χ2n) is 4.25. The zero-order valence-corrected chi connectivity index (χ0v) is 12.4. The summed E-state index contributed by atoms with van der Waals surface area (Å²) >= 11 is 3.26. The molecule has 3 nitrogen and oxygen atoms in total.